The van der Waals surface area contributed by atoms with E-state index in [-0.39, 0.29) is 5.54 Å². The van der Waals surface area contributed by atoms with E-state index in [9.17, 15) is 0 Å². The lowest BCUT2D eigenvalue weighted by Gasteiger charge is -2.36. The first-order chi connectivity index (χ1) is 5.54. The van der Waals surface area contributed by atoms with Crippen molar-refractivity contribution in [3.8, 4) is 0 Å². The Hall–Kier alpha value is -0.220. The first kappa shape index (κ1) is 9.86. The van der Waals surface area contributed by atoms with Gasteiger partial charge in [-0.2, -0.15) is 0 Å². The summed E-state index contributed by atoms with van der Waals surface area (Å²) in [6, 6.07) is 0. The Morgan fingerprint density at radius 3 is 2.50 bits per heavy atom. The predicted molar refractivity (Wildman–Crippen MR) is 55.4 cm³/mol. The third-order valence-electron chi connectivity index (χ3n) is 1.95. The minimum absolute atomic E-state index is 0.209. The number of aliphatic imine (C=N–C) groups is 1. The number of thioether (sulfide) groups is 1. The van der Waals surface area contributed by atoms with Gasteiger partial charge in [0, 0.05) is 5.54 Å². The molecule has 1 aliphatic rings. The van der Waals surface area contributed by atoms with Crippen molar-refractivity contribution in [2.45, 2.75) is 26.3 Å². The van der Waals surface area contributed by atoms with Gasteiger partial charge in [0.15, 0.2) is 5.17 Å². The molecule has 0 unspecified atom stereocenters. The molecule has 3 nitrogen and oxygen atoms in total. The molecule has 0 spiro atoms. The van der Waals surface area contributed by atoms with Crippen LogP contribution in [0.15, 0.2) is 4.99 Å². The molecule has 0 amide bonds. The van der Waals surface area contributed by atoms with Gasteiger partial charge in [0.1, 0.15) is 0 Å². The van der Waals surface area contributed by atoms with E-state index in [0.29, 0.717) is 0 Å². The molecule has 0 aromatic rings. The number of nitrogens with one attached hydrogen (secondary N) is 1. The monoisotopic (exact) mass is 187 g/mol. The molecule has 0 saturated heterocycles. The van der Waals surface area contributed by atoms with Gasteiger partial charge in [-0.25, -0.2) is 4.99 Å². The van der Waals surface area contributed by atoms with Crippen LogP contribution in [-0.4, -0.2) is 35.2 Å². The average molecular weight is 187 g/mol. The second-order valence-electron chi connectivity index (χ2n) is 3.85. The molecule has 0 radical (unpaired) electrons. The van der Waals surface area contributed by atoms with E-state index in [0.717, 1.165) is 18.5 Å². The van der Waals surface area contributed by atoms with Gasteiger partial charge in [0.25, 0.3) is 0 Å². The third-order valence-corrected chi connectivity index (χ3v) is 2.61. The Morgan fingerprint density at radius 2 is 2.17 bits per heavy atom. The number of hydrogen-bond acceptors (Lipinski definition) is 4. The van der Waals surface area contributed by atoms with Crippen LogP contribution in [0.25, 0.3) is 0 Å². The summed E-state index contributed by atoms with van der Waals surface area (Å²) in [6.45, 7) is 8.33. The highest BCUT2D eigenvalue weighted by molar-refractivity contribution is 8.13. The van der Waals surface area contributed by atoms with Crippen LogP contribution in [0.3, 0.4) is 0 Å². The molecule has 1 rings (SSSR count). The minimum Gasteiger partial charge on any atom is -0.352 e. The first-order valence-electron chi connectivity index (χ1n) is 4.11. The van der Waals surface area contributed by atoms with E-state index < -0.39 is 0 Å². The number of amidine groups is 1. The predicted octanol–water partition coefficient (Wildman–Crippen LogP) is 1.32. The molecule has 0 aromatic carbocycles. The summed E-state index contributed by atoms with van der Waals surface area (Å²) >= 11 is 1.67. The molecule has 4 heteroatoms. The van der Waals surface area contributed by atoms with Gasteiger partial charge in [0.05, 0.1) is 13.3 Å². The van der Waals surface area contributed by atoms with Crippen LogP contribution >= 0.6 is 11.8 Å². The highest BCUT2D eigenvalue weighted by Gasteiger charge is 2.22. The lowest BCUT2D eigenvalue weighted by molar-refractivity contribution is 0.131. The molecular formula is C8H17N3S. The summed E-state index contributed by atoms with van der Waals surface area (Å²) in [4.78, 5) is 6.69. The second-order valence-corrected chi connectivity index (χ2v) is 4.65. The molecule has 1 heterocycles. The van der Waals surface area contributed by atoms with Gasteiger partial charge < -0.3 is 5.32 Å². The first-order valence-corrected chi connectivity index (χ1v) is 5.34. The van der Waals surface area contributed by atoms with Crippen molar-refractivity contribution in [3.63, 3.8) is 0 Å². The van der Waals surface area contributed by atoms with E-state index in [1.54, 1.807) is 11.8 Å². The third kappa shape index (κ3) is 2.38. The lowest BCUT2D eigenvalue weighted by atomic mass is 10.1. The SMILES string of the molecule is CSC1=NCN(C(C)(C)C)CN1. The number of hydrogen-bond donors (Lipinski definition) is 1. The van der Waals surface area contributed by atoms with Gasteiger partial charge in [0.2, 0.25) is 0 Å². The highest BCUT2D eigenvalue weighted by Crippen LogP contribution is 2.14. The summed E-state index contributed by atoms with van der Waals surface area (Å²) in [5.74, 6) is 0. The molecule has 12 heavy (non-hydrogen) atoms. The van der Waals surface area contributed by atoms with Gasteiger partial charge in [-0.15, -0.1) is 0 Å². The highest BCUT2D eigenvalue weighted by atomic mass is 32.2. The van der Waals surface area contributed by atoms with Gasteiger partial charge in [-0.1, -0.05) is 11.8 Å². The zero-order valence-electron chi connectivity index (χ0n) is 8.22. The quantitative estimate of drug-likeness (QED) is 0.620. The summed E-state index contributed by atoms with van der Waals surface area (Å²) in [5.41, 5.74) is 0.209. The maximum atomic E-state index is 4.39. The number of rotatable bonds is 0. The van der Waals surface area contributed by atoms with Crippen molar-refractivity contribution in [2.24, 2.45) is 4.99 Å². The molecule has 0 fully saturated rings. The van der Waals surface area contributed by atoms with Crippen molar-refractivity contribution in [1.29, 1.82) is 0 Å². The van der Waals surface area contributed by atoms with E-state index in [2.05, 4.69) is 36.0 Å². The van der Waals surface area contributed by atoms with Crippen LogP contribution < -0.4 is 5.32 Å². The van der Waals surface area contributed by atoms with Crippen LogP contribution in [0, 0.1) is 0 Å². The van der Waals surface area contributed by atoms with E-state index >= 15 is 0 Å². The van der Waals surface area contributed by atoms with Crippen molar-refractivity contribution >= 4 is 16.9 Å². The van der Waals surface area contributed by atoms with Crippen molar-refractivity contribution < 1.29 is 0 Å². The van der Waals surface area contributed by atoms with E-state index in [1.165, 1.54) is 0 Å². The van der Waals surface area contributed by atoms with Crippen LogP contribution in [-0.2, 0) is 0 Å². The van der Waals surface area contributed by atoms with Crippen LogP contribution in [0.1, 0.15) is 20.8 Å². The van der Waals surface area contributed by atoms with E-state index in [4.69, 9.17) is 0 Å². The zero-order chi connectivity index (χ0) is 9.19. The molecule has 0 atom stereocenters. The molecule has 0 aliphatic carbocycles. The maximum Gasteiger partial charge on any atom is 0.158 e. The van der Waals surface area contributed by atoms with Gasteiger partial charge >= 0.3 is 0 Å². The Kier molecular flexibility index (Phi) is 3.01. The topological polar surface area (TPSA) is 27.6 Å². The second kappa shape index (κ2) is 3.66. The largest absolute Gasteiger partial charge is 0.352 e. The van der Waals surface area contributed by atoms with E-state index in [1.807, 2.05) is 6.26 Å². The fourth-order valence-electron chi connectivity index (χ4n) is 1.00. The van der Waals surface area contributed by atoms with Crippen molar-refractivity contribution in [3.05, 3.63) is 0 Å². The summed E-state index contributed by atoms with van der Waals surface area (Å²) in [6.07, 6.45) is 2.04. The van der Waals surface area contributed by atoms with Crippen LogP contribution in [0.5, 0.6) is 0 Å². The summed E-state index contributed by atoms with van der Waals surface area (Å²) in [7, 11) is 0. The molecule has 0 aromatic heterocycles. The Balaban J connectivity index is 2.52. The van der Waals surface area contributed by atoms with Crippen LogP contribution in [0.2, 0.25) is 0 Å². The Morgan fingerprint density at radius 1 is 1.50 bits per heavy atom. The average Bonchev–Trinajstić information content (AvgIpc) is 2.03. The molecule has 0 saturated carbocycles. The summed E-state index contributed by atoms with van der Waals surface area (Å²) in [5, 5.41) is 4.32. The smallest absolute Gasteiger partial charge is 0.158 e. The molecule has 0 bridgehead atoms. The van der Waals surface area contributed by atoms with Crippen LogP contribution in [0.4, 0.5) is 0 Å². The fourth-order valence-corrected chi connectivity index (χ4v) is 1.40. The standard InChI is InChI=1S/C8H17N3S/c1-8(2,3)11-5-9-7(12-4)10-6-11/h5-6H2,1-4H3,(H,9,10). The fraction of sp³-hybridized carbons (Fsp3) is 0.875. The Labute approximate surface area is 78.6 Å². The lowest BCUT2D eigenvalue weighted by Crippen LogP contribution is -2.50. The van der Waals surface area contributed by atoms with Crippen molar-refractivity contribution in [2.75, 3.05) is 19.6 Å². The van der Waals surface area contributed by atoms with Crippen molar-refractivity contribution in [1.82, 2.24) is 10.2 Å². The number of nitrogens with zero attached hydrogens (tertiary/aromatic N) is 2. The normalized spacial score (nSPS) is 20.2. The summed E-state index contributed by atoms with van der Waals surface area (Å²) < 4.78 is 0. The minimum atomic E-state index is 0.209. The molecule has 1 aliphatic heterocycles. The van der Waals surface area contributed by atoms with Gasteiger partial charge in [-0.3, -0.25) is 4.90 Å². The Bertz CT molecular complexity index is 183. The molecule has 1 N–H and O–H groups in total. The molecular weight excluding hydrogens is 170 g/mol. The zero-order valence-corrected chi connectivity index (χ0v) is 9.03. The van der Waals surface area contributed by atoms with Gasteiger partial charge in [-0.05, 0) is 27.0 Å². The molecule has 70 valence electrons. The maximum absolute atomic E-state index is 4.39.